The molecule has 0 spiro atoms. The van der Waals surface area contributed by atoms with Gasteiger partial charge < -0.3 is 10.3 Å². The fourth-order valence-corrected chi connectivity index (χ4v) is 2.66. The van der Waals surface area contributed by atoms with Crippen LogP contribution in [0.4, 0.5) is 0 Å². The smallest absolute Gasteiger partial charge is 0.190 e. The van der Waals surface area contributed by atoms with Crippen LogP contribution in [0.2, 0.25) is 0 Å². The third-order valence-electron chi connectivity index (χ3n) is 2.63. The summed E-state index contributed by atoms with van der Waals surface area (Å²) in [6, 6.07) is 9.85. The van der Waals surface area contributed by atoms with E-state index in [0.717, 1.165) is 10.7 Å². The van der Waals surface area contributed by atoms with Gasteiger partial charge in [0.05, 0.1) is 11.8 Å². The molecule has 0 saturated heterocycles. The fourth-order valence-electron chi connectivity index (χ4n) is 1.61. The summed E-state index contributed by atoms with van der Waals surface area (Å²) in [7, 11) is 1.90. The van der Waals surface area contributed by atoms with Crippen molar-refractivity contribution in [1.29, 1.82) is 5.41 Å². The van der Waals surface area contributed by atoms with Gasteiger partial charge in [-0.1, -0.05) is 42.1 Å². The Balaban J connectivity index is 2.09. The van der Waals surface area contributed by atoms with Crippen molar-refractivity contribution in [3.05, 3.63) is 42.2 Å². The van der Waals surface area contributed by atoms with Gasteiger partial charge in [-0.3, -0.25) is 5.41 Å². The van der Waals surface area contributed by atoms with Crippen molar-refractivity contribution in [2.45, 2.75) is 11.1 Å². The molecule has 3 N–H and O–H groups in total. The van der Waals surface area contributed by atoms with Crippen molar-refractivity contribution in [1.82, 2.24) is 14.8 Å². The van der Waals surface area contributed by atoms with Crippen LogP contribution in [-0.2, 0) is 7.05 Å². The molecule has 1 unspecified atom stereocenters. The molecule has 0 aliphatic heterocycles. The second kappa shape index (κ2) is 5.68. The zero-order valence-corrected chi connectivity index (χ0v) is 10.9. The second-order valence-corrected chi connectivity index (χ2v) is 4.94. The lowest BCUT2D eigenvalue weighted by molar-refractivity contribution is 0.787. The molecule has 18 heavy (non-hydrogen) atoms. The molecule has 6 heteroatoms. The maximum Gasteiger partial charge on any atom is 0.190 e. The van der Waals surface area contributed by atoms with Crippen LogP contribution in [0.1, 0.15) is 11.5 Å². The number of aromatic nitrogens is 3. The highest BCUT2D eigenvalue weighted by molar-refractivity contribution is 7.99. The zero-order valence-electron chi connectivity index (χ0n) is 10.1. The number of aryl methyl sites for hydroxylation is 1. The van der Waals surface area contributed by atoms with Gasteiger partial charge in [-0.05, 0) is 5.56 Å². The van der Waals surface area contributed by atoms with E-state index in [-0.39, 0.29) is 11.8 Å². The minimum absolute atomic E-state index is 0.0899. The normalized spacial score (nSPS) is 12.3. The largest absolute Gasteiger partial charge is 0.387 e. The van der Waals surface area contributed by atoms with Gasteiger partial charge in [0, 0.05) is 12.8 Å². The fraction of sp³-hybridized carbons (Fsp3) is 0.250. The van der Waals surface area contributed by atoms with Crippen LogP contribution in [0.5, 0.6) is 0 Å². The van der Waals surface area contributed by atoms with Crippen LogP contribution in [0.15, 0.2) is 41.8 Å². The highest BCUT2D eigenvalue weighted by Crippen LogP contribution is 2.24. The van der Waals surface area contributed by atoms with Gasteiger partial charge in [0.1, 0.15) is 6.33 Å². The first-order valence-electron chi connectivity index (χ1n) is 5.54. The SMILES string of the molecule is Cn1cnnc1SCC(C(=N)N)c1ccccc1. The summed E-state index contributed by atoms with van der Waals surface area (Å²) in [6.07, 6.45) is 1.66. The maximum atomic E-state index is 7.69. The van der Waals surface area contributed by atoms with Gasteiger partial charge in [0.25, 0.3) is 0 Å². The first-order chi connectivity index (χ1) is 8.68. The van der Waals surface area contributed by atoms with Crippen molar-refractivity contribution < 1.29 is 0 Å². The summed E-state index contributed by atoms with van der Waals surface area (Å²) in [6.45, 7) is 0. The van der Waals surface area contributed by atoms with Gasteiger partial charge >= 0.3 is 0 Å². The van der Waals surface area contributed by atoms with E-state index in [1.807, 2.05) is 41.9 Å². The van der Waals surface area contributed by atoms with E-state index in [9.17, 15) is 0 Å². The van der Waals surface area contributed by atoms with E-state index < -0.39 is 0 Å². The van der Waals surface area contributed by atoms with Crippen molar-refractivity contribution in [3.8, 4) is 0 Å². The van der Waals surface area contributed by atoms with E-state index in [4.69, 9.17) is 11.1 Å². The van der Waals surface area contributed by atoms with Gasteiger partial charge in [-0.25, -0.2) is 0 Å². The van der Waals surface area contributed by atoms with Crippen molar-refractivity contribution in [2.75, 3.05) is 5.75 Å². The van der Waals surface area contributed by atoms with Crippen LogP contribution < -0.4 is 5.73 Å². The van der Waals surface area contributed by atoms with E-state index in [0.29, 0.717) is 5.75 Å². The lowest BCUT2D eigenvalue weighted by Gasteiger charge is -2.14. The number of nitrogens with one attached hydrogen (secondary N) is 1. The Hall–Kier alpha value is -1.82. The summed E-state index contributed by atoms with van der Waals surface area (Å²) in [5.41, 5.74) is 6.73. The highest BCUT2D eigenvalue weighted by Gasteiger charge is 2.16. The van der Waals surface area contributed by atoms with Crippen LogP contribution in [0.25, 0.3) is 0 Å². The molecule has 0 radical (unpaired) electrons. The Labute approximate surface area is 110 Å². The molecular formula is C12H15N5S. The zero-order chi connectivity index (χ0) is 13.0. The molecule has 5 nitrogen and oxygen atoms in total. The summed E-state index contributed by atoms with van der Waals surface area (Å²) < 4.78 is 1.85. The van der Waals surface area contributed by atoms with Gasteiger partial charge in [-0.15, -0.1) is 10.2 Å². The number of rotatable bonds is 5. The Bertz CT molecular complexity index is 522. The van der Waals surface area contributed by atoms with Crippen molar-refractivity contribution >= 4 is 17.6 Å². The lowest BCUT2D eigenvalue weighted by atomic mass is 10.0. The molecule has 0 saturated carbocycles. The monoisotopic (exact) mass is 261 g/mol. The second-order valence-electron chi connectivity index (χ2n) is 3.95. The Morgan fingerprint density at radius 3 is 2.72 bits per heavy atom. The number of benzene rings is 1. The molecule has 1 aromatic heterocycles. The van der Waals surface area contributed by atoms with Gasteiger partial charge in [-0.2, -0.15) is 0 Å². The number of nitrogens with zero attached hydrogens (tertiary/aromatic N) is 3. The van der Waals surface area contributed by atoms with Crippen LogP contribution in [-0.4, -0.2) is 26.4 Å². The molecule has 94 valence electrons. The van der Waals surface area contributed by atoms with Crippen LogP contribution >= 0.6 is 11.8 Å². The number of nitrogens with two attached hydrogens (primary N) is 1. The van der Waals surface area contributed by atoms with Crippen LogP contribution in [0, 0.1) is 5.41 Å². The summed E-state index contributed by atoms with van der Waals surface area (Å²) >= 11 is 1.55. The molecule has 2 rings (SSSR count). The molecule has 1 heterocycles. The standard InChI is InChI=1S/C12H15N5S/c1-17-8-15-16-12(17)18-7-10(11(13)14)9-5-3-2-4-6-9/h2-6,8,10H,7H2,1H3,(H3,13,14). The third-order valence-corrected chi connectivity index (χ3v) is 3.75. The number of amidine groups is 1. The van der Waals surface area contributed by atoms with Crippen molar-refractivity contribution in [3.63, 3.8) is 0 Å². The maximum absolute atomic E-state index is 7.69. The first kappa shape index (κ1) is 12.6. The summed E-state index contributed by atoms with van der Waals surface area (Å²) in [5.74, 6) is 0.773. The van der Waals surface area contributed by atoms with Crippen LogP contribution in [0.3, 0.4) is 0 Å². The molecule has 0 aliphatic rings. The third kappa shape index (κ3) is 2.89. The number of thioether (sulfide) groups is 1. The first-order valence-corrected chi connectivity index (χ1v) is 6.52. The quantitative estimate of drug-likeness (QED) is 0.487. The minimum atomic E-state index is -0.0899. The number of hydrogen-bond acceptors (Lipinski definition) is 4. The summed E-state index contributed by atoms with van der Waals surface area (Å²) in [5, 5.41) is 16.4. The predicted octanol–water partition coefficient (Wildman–Crippen LogP) is 1.63. The predicted molar refractivity (Wildman–Crippen MR) is 72.8 cm³/mol. The Morgan fingerprint density at radius 1 is 1.44 bits per heavy atom. The topological polar surface area (TPSA) is 80.6 Å². The number of hydrogen-bond donors (Lipinski definition) is 2. The van der Waals surface area contributed by atoms with Gasteiger partial charge in [0.2, 0.25) is 0 Å². The van der Waals surface area contributed by atoms with E-state index in [1.54, 1.807) is 18.1 Å². The van der Waals surface area contributed by atoms with Gasteiger partial charge in [0.15, 0.2) is 5.16 Å². The molecule has 0 fully saturated rings. The molecule has 1 aromatic carbocycles. The molecule has 0 amide bonds. The average molecular weight is 261 g/mol. The molecule has 0 bridgehead atoms. The Kier molecular flexibility index (Phi) is 3.99. The minimum Gasteiger partial charge on any atom is -0.387 e. The van der Waals surface area contributed by atoms with E-state index in [1.165, 1.54) is 0 Å². The molecule has 2 aromatic rings. The van der Waals surface area contributed by atoms with Crippen molar-refractivity contribution in [2.24, 2.45) is 12.8 Å². The van der Waals surface area contributed by atoms with E-state index in [2.05, 4.69) is 10.2 Å². The molecule has 0 aliphatic carbocycles. The molecular weight excluding hydrogens is 246 g/mol. The Morgan fingerprint density at radius 2 is 2.17 bits per heavy atom. The average Bonchev–Trinajstić information content (AvgIpc) is 2.76. The molecule has 1 atom stereocenters. The van der Waals surface area contributed by atoms with E-state index >= 15 is 0 Å². The highest BCUT2D eigenvalue weighted by atomic mass is 32.2. The summed E-state index contributed by atoms with van der Waals surface area (Å²) in [4.78, 5) is 0. The lowest BCUT2D eigenvalue weighted by Crippen LogP contribution is -2.22.